The Morgan fingerprint density at radius 2 is 2.05 bits per heavy atom. The van der Waals surface area contributed by atoms with Crippen LogP contribution in [0.3, 0.4) is 0 Å². The van der Waals surface area contributed by atoms with Crippen molar-refractivity contribution in [1.29, 1.82) is 0 Å². The van der Waals surface area contributed by atoms with E-state index in [0.29, 0.717) is 23.9 Å². The molecule has 1 heterocycles. The van der Waals surface area contributed by atoms with E-state index in [1.54, 1.807) is 23.9 Å². The molecule has 5 nitrogen and oxygen atoms in total. The summed E-state index contributed by atoms with van der Waals surface area (Å²) >= 11 is 1.77. The minimum absolute atomic E-state index is 0.0995. The molecule has 1 saturated heterocycles. The molecule has 1 aliphatic rings. The van der Waals surface area contributed by atoms with Crippen LogP contribution >= 0.6 is 11.8 Å². The second-order valence-electron chi connectivity index (χ2n) is 4.76. The van der Waals surface area contributed by atoms with Crippen LogP contribution < -0.4 is 0 Å². The van der Waals surface area contributed by atoms with E-state index in [1.165, 1.54) is 16.4 Å². The molecule has 0 radical (unpaired) electrons. The highest BCUT2D eigenvalue weighted by Crippen LogP contribution is 2.24. The monoisotopic (exact) mass is 315 g/mol. The molecular formula is C13H17NO4S2. The number of nitrogens with zero attached hydrogens (tertiary/aromatic N) is 1. The Morgan fingerprint density at radius 1 is 1.40 bits per heavy atom. The van der Waals surface area contributed by atoms with Crippen LogP contribution in [0.15, 0.2) is 29.2 Å². The number of rotatable bonds is 4. The normalized spacial score (nSPS) is 20.8. The largest absolute Gasteiger partial charge is 0.481 e. The number of carboxylic acids is 1. The van der Waals surface area contributed by atoms with Gasteiger partial charge in [0.05, 0.1) is 11.3 Å². The zero-order chi connectivity index (χ0) is 14.8. The van der Waals surface area contributed by atoms with Crippen molar-refractivity contribution in [1.82, 2.24) is 4.31 Å². The highest BCUT2D eigenvalue weighted by Gasteiger charge is 2.28. The van der Waals surface area contributed by atoms with Gasteiger partial charge in [-0.25, -0.2) is 8.42 Å². The van der Waals surface area contributed by atoms with E-state index < -0.39 is 16.0 Å². The Morgan fingerprint density at radius 3 is 2.60 bits per heavy atom. The van der Waals surface area contributed by atoms with Crippen LogP contribution in [-0.4, -0.2) is 47.9 Å². The zero-order valence-corrected chi connectivity index (χ0v) is 12.8. The zero-order valence-electron chi connectivity index (χ0n) is 11.2. The Kier molecular flexibility index (Phi) is 4.72. The molecule has 1 atom stereocenters. The summed E-state index contributed by atoms with van der Waals surface area (Å²) in [7, 11) is -3.47. The van der Waals surface area contributed by atoms with Gasteiger partial charge >= 0.3 is 5.97 Å². The topological polar surface area (TPSA) is 74.7 Å². The summed E-state index contributed by atoms with van der Waals surface area (Å²) < 4.78 is 26.4. The van der Waals surface area contributed by atoms with Crippen LogP contribution in [0.5, 0.6) is 0 Å². The Bertz CT molecular complexity index is 583. The fourth-order valence-electron chi connectivity index (χ4n) is 2.11. The van der Waals surface area contributed by atoms with Gasteiger partial charge in [0.25, 0.3) is 0 Å². The van der Waals surface area contributed by atoms with Crippen molar-refractivity contribution in [3.8, 4) is 0 Å². The van der Waals surface area contributed by atoms with Crippen LogP contribution in [0.1, 0.15) is 12.5 Å². The maximum absolute atomic E-state index is 12.5. The molecular weight excluding hydrogens is 298 g/mol. The smallest absolute Gasteiger partial charge is 0.307 e. The lowest BCUT2D eigenvalue weighted by Gasteiger charge is -2.29. The third-order valence-electron chi connectivity index (χ3n) is 3.12. The molecule has 0 bridgehead atoms. The number of aliphatic carboxylic acids is 1. The molecule has 1 unspecified atom stereocenters. The maximum atomic E-state index is 12.5. The predicted molar refractivity (Wildman–Crippen MR) is 78.5 cm³/mol. The third-order valence-corrected chi connectivity index (χ3v) is 6.14. The van der Waals surface area contributed by atoms with E-state index in [4.69, 9.17) is 5.11 Å². The van der Waals surface area contributed by atoms with Crippen molar-refractivity contribution in [2.24, 2.45) is 0 Å². The highest BCUT2D eigenvalue weighted by molar-refractivity contribution is 8.00. The number of sulfonamides is 1. The van der Waals surface area contributed by atoms with Crippen molar-refractivity contribution >= 4 is 27.8 Å². The average Bonchev–Trinajstić information content (AvgIpc) is 2.38. The summed E-state index contributed by atoms with van der Waals surface area (Å²) in [6.07, 6.45) is -0.0995. The van der Waals surface area contributed by atoms with Crippen LogP contribution in [0.25, 0.3) is 0 Å². The molecule has 1 aliphatic heterocycles. The fourth-order valence-corrected chi connectivity index (χ4v) is 4.86. The lowest BCUT2D eigenvalue weighted by atomic mass is 10.2. The van der Waals surface area contributed by atoms with Gasteiger partial charge in [0.1, 0.15) is 0 Å². The lowest BCUT2D eigenvalue weighted by Crippen LogP contribution is -2.40. The third kappa shape index (κ3) is 3.53. The van der Waals surface area contributed by atoms with E-state index in [0.717, 1.165) is 5.75 Å². The Balaban J connectivity index is 2.19. The fraction of sp³-hybridized carbons (Fsp3) is 0.462. The van der Waals surface area contributed by atoms with Gasteiger partial charge < -0.3 is 5.11 Å². The second kappa shape index (κ2) is 6.15. The average molecular weight is 315 g/mol. The molecule has 0 amide bonds. The van der Waals surface area contributed by atoms with Crippen LogP contribution in [0.4, 0.5) is 0 Å². The molecule has 2 rings (SSSR count). The van der Waals surface area contributed by atoms with Gasteiger partial charge in [0.15, 0.2) is 0 Å². The number of thioether (sulfide) groups is 1. The molecule has 0 aromatic heterocycles. The summed E-state index contributed by atoms with van der Waals surface area (Å²) in [6.45, 7) is 3.06. The molecule has 7 heteroatoms. The first-order chi connectivity index (χ1) is 9.39. The predicted octanol–water partition coefficient (Wildman–Crippen LogP) is 1.44. The van der Waals surface area contributed by atoms with Gasteiger partial charge in [0.2, 0.25) is 10.0 Å². The standard InChI is InChI=1S/C13H17NO4S2/c1-10-9-14(6-7-19-10)20(17,18)12-4-2-11(3-5-12)8-13(15)16/h2-5,10H,6-9H2,1H3,(H,15,16). The minimum Gasteiger partial charge on any atom is -0.481 e. The van der Waals surface area contributed by atoms with Crippen molar-refractivity contribution in [2.75, 3.05) is 18.8 Å². The number of carbonyl (C=O) groups is 1. The van der Waals surface area contributed by atoms with Gasteiger partial charge in [-0.2, -0.15) is 16.1 Å². The van der Waals surface area contributed by atoms with E-state index in [2.05, 4.69) is 0 Å². The van der Waals surface area contributed by atoms with Gasteiger partial charge in [-0.15, -0.1) is 0 Å². The molecule has 0 saturated carbocycles. The van der Waals surface area contributed by atoms with Crippen LogP contribution in [-0.2, 0) is 21.2 Å². The van der Waals surface area contributed by atoms with Gasteiger partial charge in [-0.05, 0) is 17.7 Å². The Hall–Kier alpha value is -1.05. The quantitative estimate of drug-likeness (QED) is 0.910. The number of hydrogen-bond donors (Lipinski definition) is 1. The molecule has 1 aromatic carbocycles. The van der Waals surface area contributed by atoms with Crippen molar-refractivity contribution in [3.05, 3.63) is 29.8 Å². The highest BCUT2D eigenvalue weighted by atomic mass is 32.2. The van der Waals surface area contributed by atoms with E-state index >= 15 is 0 Å². The van der Waals surface area contributed by atoms with Crippen LogP contribution in [0.2, 0.25) is 0 Å². The van der Waals surface area contributed by atoms with Gasteiger partial charge in [-0.1, -0.05) is 19.1 Å². The summed E-state index contributed by atoms with van der Waals surface area (Å²) in [5.74, 6) is -0.125. The molecule has 1 aromatic rings. The molecule has 110 valence electrons. The Labute approximate surface area is 123 Å². The van der Waals surface area contributed by atoms with E-state index in [1.807, 2.05) is 6.92 Å². The lowest BCUT2D eigenvalue weighted by molar-refractivity contribution is -0.136. The molecule has 1 N–H and O–H groups in total. The van der Waals surface area contributed by atoms with Crippen molar-refractivity contribution < 1.29 is 18.3 Å². The second-order valence-corrected chi connectivity index (χ2v) is 8.24. The summed E-state index contributed by atoms with van der Waals surface area (Å²) in [5, 5.41) is 9.00. The van der Waals surface area contributed by atoms with Crippen molar-refractivity contribution in [2.45, 2.75) is 23.5 Å². The van der Waals surface area contributed by atoms with Gasteiger partial charge in [-0.3, -0.25) is 4.79 Å². The summed E-state index contributed by atoms with van der Waals surface area (Å²) in [6, 6.07) is 6.09. The minimum atomic E-state index is -3.47. The van der Waals surface area contributed by atoms with Crippen LogP contribution in [0, 0.1) is 0 Å². The molecule has 0 spiro atoms. The first-order valence-electron chi connectivity index (χ1n) is 6.32. The summed E-state index contributed by atoms with van der Waals surface area (Å²) in [4.78, 5) is 10.8. The molecule has 1 fully saturated rings. The number of carboxylic acid groups (broad SMARTS) is 1. The van der Waals surface area contributed by atoms with E-state index in [-0.39, 0.29) is 11.3 Å². The first-order valence-corrected chi connectivity index (χ1v) is 8.81. The molecule has 20 heavy (non-hydrogen) atoms. The summed E-state index contributed by atoms with van der Waals surface area (Å²) in [5.41, 5.74) is 0.596. The molecule has 0 aliphatic carbocycles. The van der Waals surface area contributed by atoms with E-state index in [9.17, 15) is 13.2 Å². The number of benzene rings is 1. The maximum Gasteiger partial charge on any atom is 0.307 e. The van der Waals surface area contributed by atoms with Gasteiger partial charge in [0, 0.05) is 24.1 Å². The first kappa shape index (κ1) is 15.3. The number of hydrogen-bond acceptors (Lipinski definition) is 4. The van der Waals surface area contributed by atoms with Crippen molar-refractivity contribution in [3.63, 3.8) is 0 Å². The SMILES string of the molecule is CC1CN(S(=O)(=O)c2ccc(CC(=O)O)cc2)CCS1.